The number of amides is 2. The molecule has 8 heteroatoms. The number of rotatable bonds is 4. The molecule has 2 amide bonds. The lowest BCUT2D eigenvalue weighted by atomic mass is 10.1. The number of hydrogen-bond donors (Lipinski definition) is 2. The molecule has 138 valence electrons. The lowest BCUT2D eigenvalue weighted by molar-refractivity contribution is -0.154. The van der Waals surface area contributed by atoms with Gasteiger partial charge < -0.3 is 14.8 Å². The van der Waals surface area contributed by atoms with Gasteiger partial charge in [0.15, 0.2) is 0 Å². The van der Waals surface area contributed by atoms with E-state index in [0.29, 0.717) is 11.5 Å². The van der Waals surface area contributed by atoms with Crippen molar-refractivity contribution in [3.8, 4) is 0 Å². The molecule has 0 aromatic carbocycles. The zero-order chi connectivity index (χ0) is 19.2. The van der Waals surface area contributed by atoms with Gasteiger partial charge in [-0.2, -0.15) is 0 Å². The van der Waals surface area contributed by atoms with Crippen molar-refractivity contribution in [2.24, 2.45) is 0 Å². The van der Waals surface area contributed by atoms with Crippen molar-refractivity contribution in [2.75, 3.05) is 11.9 Å². The summed E-state index contributed by atoms with van der Waals surface area (Å²) in [6.07, 6.45) is -0.595. The van der Waals surface area contributed by atoms with Gasteiger partial charge in [0.25, 0.3) is 0 Å². The molecule has 0 fully saturated rings. The van der Waals surface area contributed by atoms with Crippen molar-refractivity contribution in [1.29, 1.82) is 0 Å². The molecule has 0 atom stereocenters. The van der Waals surface area contributed by atoms with Crippen LogP contribution in [0.15, 0.2) is 6.07 Å². The Kier molecular flexibility index (Phi) is 6.90. The zero-order valence-corrected chi connectivity index (χ0v) is 15.5. The number of carbonyl (C=O) groups is 3. The molecule has 1 aromatic heterocycles. The van der Waals surface area contributed by atoms with Crippen LogP contribution in [0.5, 0.6) is 0 Å². The molecule has 8 nitrogen and oxygen atoms in total. The van der Waals surface area contributed by atoms with E-state index in [9.17, 15) is 14.4 Å². The van der Waals surface area contributed by atoms with Gasteiger partial charge >= 0.3 is 18.0 Å². The summed E-state index contributed by atoms with van der Waals surface area (Å²) < 4.78 is 9.81. The van der Waals surface area contributed by atoms with Crippen LogP contribution in [0, 0.1) is 13.8 Å². The first kappa shape index (κ1) is 20.4. The first-order valence-electron chi connectivity index (χ1n) is 7.95. The minimum absolute atomic E-state index is 0.134. The number of esters is 1. The molecule has 0 aliphatic carbocycles. The van der Waals surface area contributed by atoms with Crippen LogP contribution in [0.4, 0.5) is 10.6 Å². The minimum atomic E-state index is -0.922. The molecule has 0 aliphatic rings. The molecule has 0 aliphatic heterocycles. The molecule has 0 spiro atoms. The first-order chi connectivity index (χ1) is 11.5. The average molecular weight is 351 g/mol. The average Bonchev–Trinajstić information content (AvgIpc) is 2.44. The van der Waals surface area contributed by atoms with E-state index in [-0.39, 0.29) is 13.2 Å². The van der Waals surface area contributed by atoms with Crippen molar-refractivity contribution < 1.29 is 23.9 Å². The summed E-state index contributed by atoms with van der Waals surface area (Å²) in [6, 6.07) is 1.67. The Morgan fingerprint density at radius 2 is 1.84 bits per heavy atom. The molecular formula is C17H25N3O5. The fourth-order valence-electron chi connectivity index (χ4n) is 2.03. The maximum atomic E-state index is 11.8. The number of hydrogen-bond acceptors (Lipinski definition) is 6. The summed E-state index contributed by atoms with van der Waals surface area (Å²) in [5, 5.41) is 5.06. The topological polar surface area (TPSA) is 107 Å². The van der Waals surface area contributed by atoms with Gasteiger partial charge in [0.1, 0.15) is 11.4 Å². The van der Waals surface area contributed by atoms with Crippen LogP contribution < -0.4 is 10.6 Å². The quantitative estimate of drug-likeness (QED) is 0.636. The van der Waals surface area contributed by atoms with Crippen LogP contribution in [-0.4, -0.2) is 35.2 Å². The molecule has 0 saturated heterocycles. The van der Waals surface area contributed by atoms with Crippen molar-refractivity contribution in [3.63, 3.8) is 0 Å². The third kappa shape index (κ3) is 6.78. The molecule has 1 rings (SSSR count). The third-order valence-electron chi connectivity index (χ3n) is 3.07. The Bertz CT molecular complexity index is 642. The smallest absolute Gasteiger partial charge is 0.413 e. The number of carbonyl (C=O) groups excluding carboxylic acids is 3. The Labute approximate surface area is 147 Å². The molecule has 0 unspecified atom stereocenters. The summed E-state index contributed by atoms with van der Waals surface area (Å²) in [5.41, 5.74) is 1.58. The van der Waals surface area contributed by atoms with Crippen molar-refractivity contribution >= 4 is 23.8 Å². The number of aromatic nitrogens is 1. The molecule has 1 aromatic rings. The van der Waals surface area contributed by atoms with Gasteiger partial charge in [-0.15, -0.1) is 0 Å². The minimum Gasteiger partial charge on any atom is -0.459 e. The predicted molar refractivity (Wildman–Crippen MR) is 92.0 cm³/mol. The second kappa shape index (κ2) is 8.46. The Hall–Kier alpha value is -2.64. The lowest BCUT2D eigenvalue weighted by Gasteiger charge is -2.20. The van der Waals surface area contributed by atoms with Crippen molar-refractivity contribution in [2.45, 2.75) is 53.7 Å². The molecular weight excluding hydrogens is 326 g/mol. The highest BCUT2D eigenvalue weighted by Gasteiger charge is 2.18. The van der Waals surface area contributed by atoms with Crippen LogP contribution in [0.1, 0.15) is 44.5 Å². The first-order valence-corrected chi connectivity index (χ1v) is 7.95. The predicted octanol–water partition coefficient (Wildman–Crippen LogP) is 2.22. The van der Waals surface area contributed by atoms with Crippen LogP contribution in [0.2, 0.25) is 0 Å². The SMILES string of the molecule is CCOC(=O)C(=O)NCc1c(C)cc(NC(=O)OC(C)(C)C)nc1C. The fraction of sp³-hybridized carbons (Fsp3) is 0.529. The molecule has 0 bridgehead atoms. The van der Waals surface area contributed by atoms with Gasteiger partial charge in [-0.3, -0.25) is 10.1 Å². The number of aryl methyl sites for hydroxylation is 2. The lowest BCUT2D eigenvalue weighted by Crippen LogP contribution is -2.32. The fourth-order valence-corrected chi connectivity index (χ4v) is 2.03. The Balaban J connectivity index is 2.78. The number of nitrogens with zero attached hydrogens (tertiary/aromatic N) is 1. The second-order valence-electron chi connectivity index (χ2n) is 6.42. The van der Waals surface area contributed by atoms with E-state index in [4.69, 9.17) is 4.74 Å². The maximum Gasteiger partial charge on any atom is 0.413 e. The zero-order valence-electron chi connectivity index (χ0n) is 15.5. The van der Waals surface area contributed by atoms with E-state index in [1.807, 2.05) is 6.92 Å². The van der Waals surface area contributed by atoms with E-state index < -0.39 is 23.6 Å². The molecule has 1 heterocycles. The summed E-state index contributed by atoms with van der Waals surface area (Å²) in [6.45, 7) is 10.8. The summed E-state index contributed by atoms with van der Waals surface area (Å²) in [5.74, 6) is -1.38. The highest BCUT2D eigenvalue weighted by molar-refractivity contribution is 6.32. The van der Waals surface area contributed by atoms with Gasteiger partial charge in [-0.05, 0) is 58.7 Å². The van der Waals surface area contributed by atoms with Crippen LogP contribution >= 0.6 is 0 Å². The van der Waals surface area contributed by atoms with Gasteiger partial charge in [-0.25, -0.2) is 14.6 Å². The molecule has 0 saturated carbocycles. The summed E-state index contributed by atoms with van der Waals surface area (Å²) >= 11 is 0. The third-order valence-corrected chi connectivity index (χ3v) is 3.07. The van der Waals surface area contributed by atoms with E-state index in [1.165, 1.54) is 0 Å². The summed E-state index contributed by atoms with van der Waals surface area (Å²) in [4.78, 5) is 39.0. The van der Waals surface area contributed by atoms with Crippen LogP contribution in [-0.2, 0) is 25.6 Å². The van der Waals surface area contributed by atoms with Gasteiger partial charge in [0.2, 0.25) is 0 Å². The second-order valence-corrected chi connectivity index (χ2v) is 6.42. The van der Waals surface area contributed by atoms with E-state index >= 15 is 0 Å². The highest BCUT2D eigenvalue weighted by atomic mass is 16.6. The number of anilines is 1. The molecule has 0 radical (unpaired) electrons. The highest BCUT2D eigenvalue weighted by Crippen LogP contribution is 2.17. The van der Waals surface area contributed by atoms with Crippen molar-refractivity contribution in [3.05, 3.63) is 22.9 Å². The largest absolute Gasteiger partial charge is 0.459 e. The Morgan fingerprint density at radius 3 is 2.36 bits per heavy atom. The van der Waals surface area contributed by atoms with Gasteiger partial charge in [0, 0.05) is 12.2 Å². The van der Waals surface area contributed by atoms with E-state index in [1.54, 1.807) is 40.7 Å². The van der Waals surface area contributed by atoms with Gasteiger partial charge in [0.05, 0.1) is 6.61 Å². The monoisotopic (exact) mass is 351 g/mol. The van der Waals surface area contributed by atoms with Gasteiger partial charge in [-0.1, -0.05) is 0 Å². The Morgan fingerprint density at radius 1 is 1.20 bits per heavy atom. The molecule has 2 N–H and O–H groups in total. The number of pyridine rings is 1. The normalized spacial score (nSPS) is 10.8. The van der Waals surface area contributed by atoms with E-state index in [0.717, 1.165) is 11.1 Å². The van der Waals surface area contributed by atoms with E-state index in [2.05, 4.69) is 20.4 Å². The van der Waals surface area contributed by atoms with Crippen LogP contribution in [0.25, 0.3) is 0 Å². The maximum absolute atomic E-state index is 11.8. The number of ether oxygens (including phenoxy) is 2. The van der Waals surface area contributed by atoms with Crippen LogP contribution in [0.3, 0.4) is 0 Å². The number of nitrogens with one attached hydrogen (secondary N) is 2. The standard InChI is InChI=1S/C17H25N3O5/c1-7-24-15(22)14(21)18-9-12-10(2)8-13(19-11(12)3)20-16(23)25-17(4,5)6/h8H,7,9H2,1-6H3,(H,18,21)(H,19,20,23). The van der Waals surface area contributed by atoms with Crippen molar-refractivity contribution in [1.82, 2.24) is 10.3 Å². The summed E-state index contributed by atoms with van der Waals surface area (Å²) in [7, 11) is 0. The molecule has 25 heavy (non-hydrogen) atoms.